The van der Waals surface area contributed by atoms with Gasteiger partial charge in [0.15, 0.2) is 6.17 Å². The highest BCUT2D eigenvalue weighted by Crippen LogP contribution is 2.27. The van der Waals surface area contributed by atoms with Crippen molar-refractivity contribution in [1.29, 1.82) is 5.41 Å². The molecule has 2 aromatic rings. The van der Waals surface area contributed by atoms with Crippen molar-refractivity contribution in [2.45, 2.75) is 6.17 Å². The van der Waals surface area contributed by atoms with Gasteiger partial charge in [0.2, 0.25) is 0 Å². The summed E-state index contributed by atoms with van der Waals surface area (Å²) in [4.78, 5) is 8.89. The molecular formula is C14H12N4O. The largest absolute Gasteiger partial charge is 0.508 e. The van der Waals surface area contributed by atoms with Crippen LogP contribution in [0.15, 0.2) is 52.4 Å². The normalized spacial score (nSPS) is 16.3. The fourth-order valence-corrected chi connectivity index (χ4v) is 2.04. The average Bonchev–Trinajstić information content (AvgIpc) is 2.81. The first-order valence-electron chi connectivity index (χ1n) is 5.83. The van der Waals surface area contributed by atoms with Crippen LogP contribution in [0.2, 0.25) is 0 Å². The van der Waals surface area contributed by atoms with Crippen LogP contribution in [0.25, 0.3) is 0 Å². The molecule has 94 valence electrons. The van der Waals surface area contributed by atoms with Gasteiger partial charge in [0.25, 0.3) is 0 Å². The number of rotatable bonds is 2. The Bertz CT molecular complexity index is 782. The zero-order valence-corrected chi connectivity index (χ0v) is 10.0. The number of amidine groups is 1. The molecule has 19 heavy (non-hydrogen) atoms. The number of nitrogens with zero attached hydrogens (tertiary/aromatic N) is 2. The molecule has 1 aliphatic heterocycles. The van der Waals surface area contributed by atoms with Crippen LogP contribution >= 0.6 is 0 Å². The van der Waals surface area contributed by atoms with Gasteiger partial charge in [-0.25, -0.2) is 0 Å². The van der Waals surface area contributed by atoms with E-state index >= 15 is 0 Å². The number of nitrogens with two attached hydrogens (primary N) is 1. The molecule has 0 amide bonds. The van der Waals surface area contributed by atoms with Gasteiger partial charge in [-0.1, -0.05) is 18.2 Å². The van der Waals surface area contributed by atoms with E-state index in [0.717, 1.165) is 5.36 Å². The number of nitrogen functional groups attached to an aromatic ring is 1. The Balaban J connectivity index is 2.10. The lowest BCUT2D eigenvalue weighted by molar-refractivity contribution is 0.462. The summed E-state index contributed by atoms with van der Waals surface area (Å²) in [6.07, 6.45) is -0.432. The molecule has 0 radical (unpaired) electrons. The topological polar surface area (TPSA) is 94.8 Å². The molecule has 4 N–H and O–H groups in total. The maximum Gasteiger partial charge on any atom is 0.170 e. The van der Waals surface area contributed by atoms with Crippen LogP contribution in [0.1, 0.15) is 17.3 Å². The molecule has 0 saturated carbocycles. The summed E-state index contributed by atoms with van der Waals surface area (Å²) in [5.74, 6) is 0.184. The predicted octanol–water partition coefficient (Wildman–Crippen LogP) is 0.628. The van der Waals surface area contributed by atoms with Gasteiger partial charge in [-0.2, -0.15) is 0 Å². The molecule has 1 atom stereocenters. The van der Waals surface area contributed by atoms with Crippen LogP contribution in [-0.4, -0.2) is 10.9 Å². The molecule has 5 heteroatoms. The van der Waals surface area contributed by atoms with Crippen molar-refractivity contribution in [2.24, 2.45) is 15.7 Å². The Morgan fingerprint density at radius 2 is 1.84 bits per heavy atom. The van der Waals surface area contributed by atoms with E-state index in [4.69, 9.17) is 11.1 Å². The number of fused-ring (bicyclic) bond motifs is 1. The molecule has 2 aromatic carbocycles. The van der Waals surface area contributed by atoms with Gasteiger partial charge >= 0.3 is 0 Å². The second-order valence-corrected chi connectivity index (χ2v) is 4.31. The summed E-state index contributed by atoms with van der Waals surface area (Å²) in [5.41, 5.74) is 6.74. The van der Waals surface area contributed by atoms with E-state index in [0.29, 0.717) is 16.5 Å². The minimum atomic E-state index is -0.432. The second-order valence-electron chi connectivity index (χ2n) is 4.31. The summed E-state index contributed by atoms with van der Waals surface area (Å²) in [5, 5.41) is 18.7. The van der Waals surface area contributed by atoms with Crippen molar-refractivity contribution in [1.82, 2.24) is 0 Å². The van der Waals surface area contributed by atoms with Gasteiger partial charge in [0.05, 0.1) is 10.7 Å². The van der Waals surface area contributed by atoms with E-state index in [9.17, 15) is 5.11 Å². The van der Waals surface area contributed by atoms with Crippen LogP contribution in [0.5, 0.6) is 5.75 Å². The number of phenols is 1. The lowest BCUT2D eigenvalue weighted by Gasteiger charge is -2.05. The van der Waals surface area contributed by atoms with Gasteiger partial charge < -0.3 is 10.8 Å². The third-order valence-electron chi connectivity index (χ3n) is 3.02. The van der Waals surface area contributed by atoms with Gasteiger partial charge in [-0.05, 0) is 24.3 Å². The smallest absolute Gasteiger partial charge is 0.170 e. The molecule has 5 nitrogen and oxygen atoms in total. The zero-order chi connectivity index (χ0) is 13.4. The van der Waals surface area contributed by atoms with Crippen LogP contribution in [0, 0.1) is 5.41 Å². The Morgan fingerprint density at radius 1 is 1.11 bits per heavy atom. The maximum atomic E-state index is 9.82. The van der Waals surface area contributed by atoms with E-state index < -0.39 is 6.17 Å². The Hall–Kier alpha value is -2.69. The van der Waals surface area contributed by atoms with E-state index in [1.54, 1.807) is 36.4 Å². The summed E-state index contributed by atoms with van der Waals surface area (Å²) < 4.78 is 0. The zero-order valence-electron chi connectivity index (χ0n) is 10.0. The number of para-hydroxylation sites is 1. The minimum absolute atomic E-state index is 0.00371. The standard InChI is InChI=1S/C14H12N4O/c15-13(16)8-5-6-10-11(7-8)18-14(17-10)9-3-1-2-4-12(9)19/h1-7,14,19H,(H3,15,16). The molecule has 1 heterocycles. The molecule has 0 spiro atoms. The summed E-state index contributed by atoms with van der Waals surface area (Å²) in [6.45, 7) is 0. The molecule has 3 rings (SSSR count). The minimum Gasteiger partial charge on any atom is -0.508 e. The maximum absolute atomic E-state index is 9.82. The predicted molar refractivity (Wildman–Crippen MR) is 70.6 cm³/mol. The quantitative estimate of drug-likeness (QED) is 0.540. The highest BCUT2D eigenvalue weighted by Gasteiger charge is 2.16. The molecule has 1 aliphatic rings. The number of nitrogens with one attached hydrogen (secondary N) is 1. The number of phenolic OH excluding ortho intramolecular Hbond substituents is 1. The second kappa shape index (κ2) is 4.20. The fourth-order valence-electron chi connectivity index (χ4n) is 2.04. The van der Waals surface area contributed by atoms with E-state index in [-0.39, 0.29) is 11.6 Å². The molecule has 1 unspecified atom stereocenters. The first-order valence-corrected chi connectivity index (χ1v) is 5.83. The monoisotopic (exact) mass is 252 g/mol. The van der Waals surface area contributed by atoms with Crippen LogP contribution in [0.4, 0.5) is 0 Å². The molecule has 0 saturated heterocycles. The number of aromatic hydroxyl groups is 1. The van der Waals surface area contributed by atoms with Gasteiger partial charge in [0, 0.05) is 11.1 Å². The van der Waals surface area contributed by atoms with Gasteiger partial charge in [0.1, 0.15) is 11.6 Å². The van der Waals surface area contributed by atoms with Crippen molar-refractivity contribution in [2.75, 3.05) is 0 Å². The molecule has 0 fully saturated rings. The number of hydrogen-bond acceptors (Lipinski definition) is 4. The SMILES string of the molecule is N=C(N)c1ccc2c(c1)=NC(c1ccccc1O)N=2. The summed E-state index contributed by atoms with van der Waals surface area (Å²) in [7, 11) is 0. The van der Waals surface area contributed by atoms with Crippen molar-refractivity contribution < 1.29 is 5.11 Å². The van der Waals surface area contributed by atoms with Crippen molar-refractivity contribution in [3.63, 3.8) is 0 Å². The van der Waals surface area contributed by atoms with Gasteiger partial charge in [-0.3, -0.25) is 15.4 Å². The highest BCUT2D eigenvalue weighted by molar-refractivity contribution is 5.94. The average molecular weight is 252 g/mol. The van der Waals surface area contributed by atoms with Crippen LogP contribution in [0.3, 0.4) is 0 Å². The van der Waals surface area contributed by atoms with Crippen molar-refractivity contribution >= 4 is 5.84 Å². The van der Waals surface area contributed by atoms with E-state index in [1.807, 2.05) is 6.07 Å². The molecule has 0 bridgehead atoms. The van der Waals surface area contributed by atoms with Gasteiger partial charge in [-0.15, -0.1) is 0 Å². The highest BCUT2D eigenvalue weighted by atomic mass is 16.3. The van der Waals surface area contributed by atoms with E-state index in [2.05, 4.69) is 9.98 Å². The lowest BCUT2D eigenvalue weighted by atomic mass is 10.1. The fraction of sp³-hybridized carbons (Fsp3) is 0.0714. The first-order chi connectivity index (χ1) is 9.15. The molecule has 0 aliphatic carbocycles. The summed E-state index contributed by atoms with van der Waals surface area (Å²) in [6, 6.07) is 12.3. The van der Waals surface area contributed by atoms with E-state index in [1.165, 1.54) is 0 Å². The first kappa shape index (κ1) is 11.4. The Morgan fingerprint density at radius 3 is 2.58 bits per heavy atom. The van der Waals surface area contributed by atoms with Crippen LogP contribution < -0.4 is 16.4 Å². The Kier molecular flexibility index (Phi) is 2.52. The molecular weight excluding hydrogens is 240 g/mol. The lowest BCUT2D eigenvalue weighted by Crippen LogP contribution is -2.24. The van der Waals surface area contributed by atoms with Crippen molar-refractivity contribution in [3.8, 4) is 5.75 Å². The Labute approximate surface area is 109 Å². The molecule has 0 aromatic heterocycles. The number of benzene rings is 2. The third kappa shape index (κ3) is 1.95. The van der Waals surface area contributed by atoms with Crippen LogP contribution in [-0.2, 0) is 0 Å². The summed E-state index contributed by atoms with van der Waals surface area (Å²) >= 11 is 0. The third-order valence-corrected chi connectivity index (χ3v) is 3.02. The van der Waals surface area contributed by atoms with Crippen molar-refractivity contribution in [3.05, 3.63) is 64.3 Å². The number of hydrogen-bond donors (Lipinski definition) is 3.